The summed E-state index contributed by atoms with van der Waals surface area (Å²) in [5.41, 5.74) is 2.45. The fourth-order valence-corrected chi connectivity index (χ4v) is 1.82. The molecule has 16 heavy (non-hydrogen) atoms. The summed E-state index contributed by atoms with van der Waals surface area (Å²) in [5, 5.41) is 7.75. The summed E-state index contributed by atoms with van der Waals surface area (Å²) in [5.74, 6) is 0. The van der Waals surface area contributed by atoms with Crippen molar-refractivity contribution in [2.24, 2.45) is 0 Å². The van der Waals surface area contributed by atoms with Crippen molar-refractivity contribution in [3.63, 3.8) is 0 Å². The third kappa shape index (κ3) is 3.78. The Hall–Kier alpha value is -0.570. The minimum absolute atomic E-state index is 0.805. The van der Waals surface area contributed by atoms with Crippen LogP contribution in [0.4, 0.5) is 0 Å². The van der Waals surface area contributed by atoms with Gasteiger partial charge in [0, 0.05) is 30.7 Å². The zero-order chi connectivity index (χ0) is 11.4. The summed E-state index contributed by atoms with van der Waals surface area (Å²) in [6.45, 7) is 5.06. The van der Waals surface area contributed by atoms with Gasteiger partial charge in [-0.2, -0.15) is 0 Å². The molecular formula is C13H19ClN2. The number of halogens is 1. The van der Waals surface area contributed by atoms with E-state index in [4.69, 9.17) is 11.6 Å². The van der Waals surface area contributed by atoms with Crippen molar-refractivity contribution in [3.8, 4) is 0 Å². The van der Waals surface area contributed by atoms with E-state index in [0.717, 1.165) is 36.3 Å². The van der Waals surface area contributed by atoms with E-state index in [0.29, 0.717) is 0 Å². The first kappa shape index (κ1) is 11.9. The molecule has 1 aromatic rings. The molecule has 0 saturated heterocycles. The Kier molecular flexibility index (Phi) is 4.22. The highest BCUT2D eigenvalue weighted by atomic mass is 35.5. The van der Waals surface area contributed by atoms with Gasteiger partial charge in [0.15, 0.2) is 0 Å². The molecule has 88 valence electrons. The lowest BCUT2D eigenvalue weighted by Crippen LogP contribution is -2.28. The molecule has 0 atom stereocenters. The van der Waals surface area contributed by atoms with Crippen LogP contribution in [-0.4, -0.2) is 19.1 Å². The van der Waals surface area contributed by atoms with Gasteiger partial charge in [-0.15, -0.1) is 0 Å². The fraction of sp³-hybridized carbons (Fsp3) is 0.538. The molecule has 2 nitrogen and oxygen atoms in total. The summed E-state index contributed by atoms with van der Waals surface area (Å²) in [6.07, 6.45) is 2.72. The highest BCUT2D eigenvalue weighted by molar-refractivity contribution is 6.31. The Morgan fingerprint density at radius 3 is 2.81 bits per heavy atom. The second-order valence-corrected chi connectivity index (χ2v) is 4.90. The smallest absolute Gasteiger partial charge is 0.0435 e. The first-order valence-electron chi connectivity index (χ1n) is 5.95. The van der Waals surface area contributed by atoms with Crippen LogP contribution in [0.5, 0.6) is 0 Å². The molecule has 0 bridgehead atoms. The number of nitrogens with one attached hydrogen (secondary N) is 2. The minimum Gasteiger partial charge on any atom is -0.313 e. The Balaban J connectivity index is 1.65. The Morgan fingerprint density at radius 1 is 1.31 bits per heavy atom. The van der Waals surface area contributed by atoms with Gasteiger partial charge in [0.1, 0.15) is 0 Å². The molecule has 0 spiro atoms. The maximum Gasteiger partial charge on any atom is 0.0435 e. The summed E-state index contributed by atoms with van der Waals surface area (Å²) in [4.78, 5) is 0. The van der Waals surface area contributed by atoms with E-state index in [-0.39, 0.29) is 0 Å². The van der Waals surface area contributed by atoms with Gasteiger partial charge in [-0.05, 0) is 37.0 Å². The van der Waals surface area contributed by atoms with Crippen molar-refractivity contribution in [2.45, 2.75) is 32.4 Å². The lowest BCUT2D eigenvalue weighted by molar-refractivity contribution is 0.608. The average molecular weight is 239 g/mol. The fourth-order valence-electron chi connectivity index (χ4n) is 1.70. The number of aryl methyl sites for hydroxylation is 1. The normalized spacial score (nSPS) is 15.4. The van der Waals surface area contributed by atoms with E-state index in [9.17, 15) is 0 Å². The molecule has 1 aromatic carbocycles. The number of hydrogen-bond acceptors (Lipinski definition) is 2. The molecule has 0 aromatic heterocycles. The van der Waals surface area contributed by atoms with Crippen LogP contribution in [0.25, 0.3) is 0 Å². The number of hydrogen-bond donors (Lipinski definition) is 2. The monoisotopic (exact) mass is 238 g/mol. The van der Waals surface area contributed by atoms with Gasteiger partial charge >= 0.3 is 0 Å². The summed E-state index contributed by atoms with van der Waals surface area (Å²) in [6, 6.07) is 7.00. The van der Waals surface area contributed by atoms with Crippen LogP contribution in [0.2, 0.25) is 5.02 Å². The second-order valence-electron chi connectivity index (χ2n) is 4.49. The Labute approximate surface area is 102 Å². The quantitative estimate of drug-likeness (QED) is 0.745. The van der Waals surface area contributed by atoms with Crippen LogP contribution in [0.15, 0.2) is 18.2 Å². The van der Waals surface area contributed by atoms with Crippen LogP contribution >= 0.6 is 11.6 Å². The molecule has 0 unspecified atom stereocenters. The second kappa shape index (κ2) is 5.67. The highest BCUT2D eigenvalue weighted by Crippen LogP contribution is 2.18. The van der Waals surface area contributed by atoms with Gasteiger partial charge < -0.3 is 10.6 Å². The lowest BCUT2D eigenvalue weighted by atomic mass is 10.1. The van der Waals surface area contributed by atoms with E-state index in [2.05, 4.69) is 22.8 Å². The van der Waals surface area contributed by atoms with Crippen LogP contribution < -0.4 is 10.6 Å². The molecule has 2 rings (SSSR count). The standard InChI is InChI=1S/C13H19ClN2/c1-10-8-11(2-5-13(10)14)9-15-6-7-16-12-3-4-12/h2,5,8,12,15-16H,3-4,6-7,9H2,1H3. The van der Waals surface area contributed by atoms with Gasteiger partial charge in [0.05, 0.1) is 0 Å². The van der Waals surface area contributed by atoms with E-state index in [1.807, 2.05) is 13.0 Å². The third-order valence-corrected chi connectivity index (χ3v) is 3.29. The van der Waals surface area contributed by atoms with Crippen molar-refractivity contribution in [2.75, 3.05) is 13.1 Å². The lowest BCUT2D eigenvalue weighted by Gasteiger charge is -2.07. The topological polar surface area (TPSA) is 24.1 Å². The van der Waals surface area contributed by atoms with Crippen molar-refractivity contribution >= 4 is 11.6 Å². The molecule has 1 fully saturated rings. The molecule has 0 amide bonds. The van der Waals surface area contributed by atoms with E-state index >= 15 is 0 Å². The van der Waals surface area contributed by atoms with Gasteiger partial charge in [-0.3, -0.25) is 0 Å². The first-order chi connectivity index (χ1) is 7.75. The van der Waals surface area contributed by atoms with Gasteiger partial charge in [0.25, 0.3) is 0 Å². The van der Waals surface area contributed by atoms with Gasteiger partial charge in [-0.25, -0.2) is 0 Å². The zero-order valence-corrected chi connectivity index (χ0v) is 10.5. The van der Waals surface area contributed by atoms with Crippen molar-refractivity contribution in [3.05, 3.63) is 34.3 Å². The number of benzene rings is 1. The van der Waals surface area contributed by atoms with Crippen molar-refractivity contribution in [1.29, 1.82) is 0 Å². The zero-order valence-electron chi connectivity index (χ0n) is 9.72. The van der Waals surface area contributed by atoms with E-state index < -0.39 is 0 Å². The molecule has 0 radical (unpaired) electrons. The predicted molar refractivity (Wildman–Crippen MR) is 68.9 cm³/mol. The molecule has 3 heteroatoms. The summed E-state index contributed by atoms with van der Waals surface area (Å²) in [7, 11) is 0. The Bertz CT molecular complexity index is 348. The van der Waals surface area contributed by atoms with E-state index in [1.54, 1.807) is 0 Å². The van der Waals surface area contributed by atoms with Crippen LogP contribution in [0.1, 0.15) is 24.0 Å². The molecule has 1 aliphatic carbocycles. The predicted octanol–water partition coefficient (Wildman–Crippen LogP) is 2.49. The highest BCUT2D eigenvalue weighted by Gasteiger charge is 2.19. The largest absolute Gasteiger partial charge is 0.313 e. The van der Waals surface area contributed by atoms with Crippen molar-refractivity contribution < 1.29 is 0 Å². The maximum atomic E-state index is 5.98. The average Bonchev–Trinajstić information content (AvgIpc) is 3.07. The third-order valence-electron chi connectivity index (χ3n) is 2.86. The molecule has 0 aliphatic heterocycles. The molecule has 0 heterocycles. The number of rotatable bonds is 6. The molecule has 1 saturated carbocycles. The molecular weight excluding hydrogens is 220 g/mol. The summed E-state index contributed by atoms with van der Waals surface area (Å²) >= 11 is 5.98. The van der Waals surface area contributed by atoms with E-state index in [1.165, 1.54) is 18.4 Å². The molecule has 1 aliphatic rings. The SMILES string of the molecule is Cc1cc(CNCCNC2CC2)ccc1Cl. The maximum absolute atomic E-state index is 5.98. The first-order valence-corrected chi connectivity index (χ1v) is 6.32. The Morgan fingerprint density at radius 2 is 2.12 bits per heavy atom. The van der Waals surface area contributed by atoms with Crippen LogP contribution in [0, 0.1) is 6.92 Å². The minimum atomic E-state index is 0.805. The van der Waals surface area contributed by atoms with Crippen molar-refractivity contribution in [1.82, 2.24) is 10.6 Å². The van der Waals surface area contributed by atoms with Gasteiger partial charge in [-0.1, -0.05) is 23.7 Å². The van der Waals surface area contributed by atoms with Crippen LogP contribution in [0.3, 0.4) is 0 Å². The summed E-state index contributed by atoms with van der Waals surface area (Å²) < 4.78 is 0. The van der Waals surface area contributed by atoms with Crippen LogP contribution in [-0.2, 0) is 6.54 Å². The molecule has 2 N–H and O–H groups in total. The van der Waals surface area contributed by atoms with Gasteiger partial charge in [0.2, 0.25) is 0 Å².